The first-order chi connectivity index (χ1) is 13.0. The molecule has 0 saturated heterocycles. The first-order valence-corrected chi connectivity index (χ1v) is 8.45. The Balaban J connectivity index is 2.00. The number of hydrogen-bond donors (Lipinski definition) is 2. The van der Waals surface area contributed by atoms with Crippen molar-refractivity contribution in [3.8, 4) is 23.3 Å². The van der Waals surface area contributed by atoms with Crippen molar-refractivity contribution < 1.29 is 19.4 Å². The minimum absolute atomic E-state index is 0.0518. The van der Waals surface area contributed by atoms with Gasteiger partial charge in [0.2, 0.25) is 0 Å². The van der Waals surface area contributed by atoms with Crippen molar-refractivity contribution in [2.75, 3.05) is 20.8 Å². The third-order valence-electron chi connectivity index (χ3n) is 3.80. The molecular formula is C20H19ClN2O4. The molecule has 0 fully saturated rings. The van der Waals surface area contributed by atoms with Crippen LogP contribution in [0.1, 0.15) is 11.1 Å². The number of nitrogens with one attached hydrogen (secondary N) is 1. The molecule has 0 aliphatic carbocycles. The van der Waals surface area contributed by atoms with Crippen LogP contribution in [0.25, 0.3) is 6.08 Å². The number of amides is 1. The smallest absolute Gasteiger partial charge is 0.261 e. The second-order valence-corrected chi connectivity index (χ2v) is 5.98. The highest BCUT2D eigenvalue weighted by Crippen LogP contribution is 2.27. The fourth-order valence-corrected chi connectivity index (χ4v) is 2.57. The molecule has 0 bridgehead atoms. The van der Waals surface area contributed by atoms with Gasteiger partial charge in [-0.2, -0.15) is 5.26 Å². The van der Waals surface area contributed by atoms with Crippen LogP contribution in [0.3, 0.4) is 0 Å². The van der Waals surface area contributed by atoms with Crippen LogP contribution in [0.2, 0.25) is 5.02 Å². The Labute approximate surface area is 162 Å². The average molecular weight is 387 g/mol. The van der Waals surface area contributed by atoms with Crippen molar-refractivity contribution in [2.24, 2.45) is 0 Å². The van der Waals surface area contributed by atoms with Gasteiger partial charge >= 0.3 is 0 Å². The zero-order valence-electron chi connectivity index (χ0n) is 15.0. The monoisotopic (exact) mass is 386 g/mol. The highest BCUT2D eigenvalue weighted by molar-refractivity contribution is 6.32. The van der Waals surface area contributed by atoms with E-state index in [0.29, 0.717) is 30.0 Å². The van der Waals surface area contributed by atoms with Crippen molar-refractivity contribution in [1.82, 2.24) is 5.32 Å². The quantitative estimate of drug-likeness (QED) is 0.562. The van der Waals surface area contributed by atoms with E-state index in [1.54, 1.807) is 26.4 Å². The van der Waals surface area contributed by atoms with Gasteiger partial charge in [-0.05, 0) is 47.9 Å². The number of carbonyl (C=O) groups is 1. The molecule has 1 amide bonds. The molecule has 140 valence electrons. The maximum atomic E-state index is 12.2. The number of phenolic OH excluding ortho intramolecular Hbond substituents is 1. The number of carbonyl (C=O) groups excluding carboxylic acids is 1. The lowest BCUT2D eigenvalue weighted by Crippen LogP contribution is -2.26. The number of benzene rings is 2. The summed E-state index contributed by atoms with van der Waals surface area (Å²) in [5, 5.41) is 21.5. The first kappa shape index (κ1) is 20.1. The van der Waals surface area contributed by atoms with Gasteiger partial charge in [0.05, 0.1) is 19.2 Å². The van der Waals surface area contributed by atoms with Gasteiger partial charge in [-0.25, -0.2) is 0 Å². The van der Waals surface area contributed by atoms with Crippen LogP contribution in [0.5, 0.6) is 17.2 Å². The molecule has 0 aliphatic rings. The maximum absolute atomic E-state index is 12.2. The Morgan fingerprint density at radius 3 is 2.59 bits per heavy atom. The molecule has 0 radical (unpaired) electrons. The van der Waals surface area contributed by atoms with Crippen LogP contribution in [-0.2, 0) is 11.2 Å². The fraction of sp³-hybridized carbons (Fsp3) is 0.200. The van der Waals surface area contributed by atoms with E-state index in [2.05, 4.69) is 5.32 Å². The molecule has 27 heavy (non-hydrogen) atoms. The van der Waals surface area contributed by atoms with Gasteiger partial charge < -0.3 is 19.9 Å². The predicted octanol–water partition coefficient (Wildman–Crippen LogP) is 3.33. The van der Waals surface area contributed by atoms with E-state index >= 15 is 0 Å². The number of aromatic hydroxyl groups is 1. The van der Waals surface area contributed by atoms with Crippen LogP contribution < -0.4 is 14.8 Å². The molecule has 0 spiro atoms. The zero-order chi connectivity index (χ0) is 19.8. The van der Waals surface area contributed by atoms with E-state index in [-0.39, 0.29) is 16.3 Å². The highest BCUT2D eigenvalue weighted by Gasteiger charge is 2.10. The van der Waals surface area contributed by atoms with E-state index in [1.165, 1.54) is 18.2 Å². The van der Waals surface area contributed by atoms with Crippen LogP contribution in [0.4, 0.5) is 0 Å². The summed E-state index contributed by atoms with van der Waals surface area (Å²) in [7, 11) is 3.12. The summed E-state index contributed by atoms with van der Waals surface area (Å²) < 4.78 is 10.4. The van der Waals surface area contributed by atoms with Crippen LogP contribution >= 0.6 is 11.6 Å². The van der Waals surface area contributed by atoms with E-state index < -0.39 is 5.91 Å². The Kier molecular flexibility index (Phi) is 7.09. The number of ether oxygens (including phenoxy) is 2. The Bertz CT molecular complexity index is 903. The molecule has 0 atom stereocenters. The van der Waals surface area contributed by atoms with E-state index in [1.807, 2.05) is 18.2 Å². The third kappa shape index (κ3) is 5.40. The van der Waals surface area contributed by atoms with Gasteiger partial charge in [0.15, 0.2) is 11.5 Å². The summed E-state index contributed by atoms with van der Waals surface area (Å²) in [5.41, 5.74) is 1.45. The zero-order valence-corrected chi connectivity index (χ0v) is 15.7. The van der Waals surface area contributed by atoms with Gasteiger partial charge in [0.1, 0.15) is 17.4 Å². The topological polar surface area (TPSA) is 91.6 Å². The van der Waals surface area contributed by atoms with Crippen molar-refractivity contribution in [3.05, 3.63) is 58.1 Å². The maximum Gasteiger partial charge on any atom is 0.261 e. The van der Waals surface area contributed by atoms with Crippen molar-refractivity contribution >= 4 is 23.6 Å². The van der Waals surface area contributed by atoms with Gasteiger partial charge in [0, 0.05) is 6.54 Å². The molecule has 0 saturated carbocycles. The highest BCUT2D eigenvalue weighted by atomic mass is 35.5. The number of rotatable bonds is 7. The molecule has 0 heterocycles. The Morgan fingerprint density at radius 2 is 1.96 bits per heavy atom. The van der Waals surface area contributed by atoms with E-state index in [4.69, 9.17) is 21.1 Å². The lowest BCUT2D eigenvalue weighted by molar-refractivity contribution is -0.117. The standard InChI is InChI=1S/C20H19ClN2O4/c1-26-18-6-4-13(11-19(18)27-2)7-8-23-20(25)15(12-22)9-14-3-5-17(24)16(21)10-14/h3-6,9-11,24H,7-8H2,1-2H3,(H,23,25)/b15-9-. The largest absolute Gasteiger partial charge is 0.506 e. The van der Waals surface area contributed by atoms with Crippen molar-refractivity contribution in [1.29, 1.82) is 5.26 Å². The number of hydrogen-bond acceptors (Lipinski definition) is 5. The van der Waals surface area contributed by atoms with Gasteiger partial charge in [-0.1, -0.05) is 23.7 Å². The van der Waals surface area contributed by atoms with Crippen LogP contribution in [-0.4, -0.2) is 31.8 Å². The molecule has 0 aliphatic heterocycles. The van der Waals surface area contributed by atoms with Crippen LogP contribution in [0.15, 0.2) is 42.0 Å². The first-order valence-electron chi connectivity index (χ1n) is 8.08. The van der Waals surface area contributed by atoms with Gasteiger partial charge in [-0.15, -0.1) is 0 Å². The van der Waals surface area contributed by atoms with E-state index in [9.17, 15) is 15.2 Å². The normalized spacial score (nSPS) is 10.8. The predicted molar refractivity (Wildman–Crippen MR) is 103 cm³/mol. The number of phenols is 1. The van der Waals surface area contributed by atoms with Crippen LogP contribution in [0, 0.1) is 11.3 Å². The summed E-state index contributed by atoms with van der Waals surface area (Å²) in [6, 6.07) is 11.8. The molecule has 6 nitrogen and oxygen atoms in total. The number of methoxy groups -OCH3 is 2. The number of nitrogens with zero attached hydrogens (tertiary/aromatic N) is 1. The summed E-state index contributed by atoms with van der Waals surface area (Å²) in [4.78, 5) is 12.2. The Morgan fingerprint density at radius 1 is 1.22 bits per heavy atom. The second kappa shape index (κ2) is 9.51. The van der Waals surface area contributed by atoms with Gasteiger partial charge in [-0.3, -0.25) is 4.79 Å². The molecule has 2 aromatic rings. The third-order valence-corrected chi connectivity index (χ3v) is 4.10. The number of halogens is 1. The fourth-order valence-electron chi connectivity index (χ4n) is 2.38. The van der Waals surface area contributed by atoms with E-state index in [0.717, 1.165) is 5.56 Å². The van der Waals surface area contributed by atoms with Gasteiger partial charge in [0.25, 0.3) is 5.91 Å². The summed E-state index contributed by atoms with van der Waals surface area (Å²) in [6.07, 6.45) is 1.98. The molecule has 2 rings (SSSR count). The minimum atomic E-state index is -0.484. The number of nitriles is 1. The molecule has 2 aromatic carbocycles. The Hall–Kier alpha value is -3.17. The molecule has 7 heteroatoms. The average Bonchev–Trinajstić information content (AvgIpc) is 2.68. The summed E-state index contributed by atoms with van der Waals surface area (Å²) in [6.45, 7) is 0.351. The minimum Gasteiger partial charge on any atom is -0.506 e. The van der Waals surface area contributed by atoms with Crippen molar-refractivity contribution in [3.63, 3.8) is 0 Å². The summed E-state index contributed by atoms with van der Waals surface area (Å²) in [5.74, 6) is 0.699. The molecule has 0 unspecified atom stereocenters. The molecular weight excluding hydrogens is 368 g/mol. The lowest BCUT2D eigenvalue weighted by atomic mass is 10.1. The summed E-state index contributed by atoms with van der Waals surface area (Å²) >= 11 is 5.84. The molecule has 0 aromatic heterocycles. The lowest BCUT2D eigenvalue weighted by Gasteiger charge is -2.10. The second-order valence-electron chi connectivity index (χ2n) is 5.58. The van der Waals surface area contributed by atoms with Crippen molar-refractivity contribution in [2.45, 2.75) is 6.42 Å². The SMILES string of the molecule is COc1ccc(CCNC(=O)/C(C#N)=C\c2ccc(O)c(Cl)c2)cc1OC. The molecule has 2 N–H and O–H groups in total.